The fraction of sp³-hybridized carbons (Fsp3) is 0.591. The highest BCUT2D eigenvalue weighted by atomic mass is 32.2. The Morgan fingerprint density at radius 3 is 2.29 bits per heavy atom. The molecule has 4 rings (SSSR count). The minimum Gasteiger partial charge on any atom is -0.340 e. The number of benzene rings is 1. The summed E-state index contributed by atoms with van der Waals surface area (Å²) < 4.78 is 32.8. The van der Waals surface area contributed by atoms with Crippen LogP contribution in [0.2, 0.25) is 0 Å². The lowest BCUT2D eigenvalue weighted by Crippen LogP contribution is -2.44. The predicted molar refractivity (Wildman–Crippen MR) is 115 cm³/mol. The van der Waals surface area contributed by atoms with Gasteiger partial charge in [0.05, 0.1) is 4.90 Å². The van der Waals surface area contributed by atoms with Gasteiger partial charge in [-0.15, -0.1) is 0 Å². The van der Waals surface area contributed by atoms with Gasteiger partial charge in [0.2, 0.25) is 15.9 Å². The minimum absolute atomic E-state index is 0.217. The first-order valence-electron chi connectivity index (χ1n) is 10.9. The van der Waals surface area contributed by atoms with Gasteiger partial charge in [0, 0.05) is 25.6 Å². The van der Waals surface area contributed by atoms with Gasteiger partial charge in [0.25, 0.3) is 5.91 Å². The lowest BCUT2D eigenvalue weighted by Gasteiger charge is -2.34. The lowest BCUT2D eigenvalue weighted by atomic mass is 9.94. The van der Waals surface area contributed by atoms with Crippen LogP contribution in [0.3, 0.4) is 0 Å². The summed E-state index contributed by atoms with van der Waals surface area (Å²) in [6.07, 6.45) is 4.47. The highest BCUT2D eigenvalue weighted by Crippen LogP contribution is 2.37. The molecule has 9 heteroatoms. The largest absolute Gasteiger partial charge is 0.340 e. The van der Waals surface area contributed by atoms with Crippen LogP contribution in [0.4, 0.5) is 0 Å². The van der Waals surface area contributed by atoms with Crippen LogP contribution in [-0.2, 0) is 15.6 Å². The molecular formula is C22H30N4O4S. The van der Waals surface area contributed by atoms with Crippen molar-refractivity contribution < 1.29 is 17.7 Å². The Bertz CT molecular complexity index is 1030. The van der Waals surface area contributed by atoms with Crippen molar-refractivity contribution in [3.63, 3.8) is 0 Å². The van der Waals surface area contributed by atoms with Crippen LogP contribution in [0.15, 0.2) is 33.7 Å². The number of carbonyl (C=O) groups excluding carboxylic acids is 1. The Morgan fingerprint density at radius 2 is 1.74 bits per heavy atom. The molecule has 1 saturated heterocycles. The van der Waals surface area contributed by atoms with Gasteiger partial charge in [0.1, 0.15) is 5.54 Å². The number of hydrogen-bond donors (Lipinski definition) is 1. The van der Waals surface area contributed by atoms with E-state index in [1.54, 1.807) is 23.4 Å². The Balaban J connectivity index is 1.52. The molecule has 2 aromatic rings. The summed E-state index contributed by atoms with van der Waals surface area (Å²) in [6, 6.07) is 6.19. The van der Waals surface area contributed by atoms with E-state index in [1.165, 1.54) is 12.1 Å². The lowest BCUT2D eigenvalue weighted by molar-refractivity contribution is 0.0891. The van der Waals surface area contributed by atoms with E-state index in [9.17, 15) is 13.2 Å². The molecule has 0 radical (unpaired) electrons. The van der Waals surface area contributed by atoms with Crippen LogP contribution in [0.25, 0.3) is 0 Å². The molecule has 1 N–H and O–H groups in total. The number of hydrogen-bond acceptors (Lipinski definition) is 6. The number of nitrogens with zero attached hydrogens (tertiary/aromatic N) is 3. The second-order valence-electron chi connectivity index (χ2n) is 9.17. The predicted octanol–water partition coefficient (Wildman–Crippen LogP) is 3.24. The van der Waals surface area contributed by atoms with Crippen molar-refractivity contribution in [1.82, 2.24) is 19.8 Å². The van der Waals surface area contributed by atoms with E-state index < -0.39 is 15.6 Å². The maximum atomic E-state index is 13.1. The molecule has 1 aromatic heterocycles. The van der Waals surface area contributed by atoms with E-state index in [4.69, 9.17) is 4.52 Å². The molecule has 0 bridgehead atoms. The summed E-state index contributed by atoms with van der Waals surface area (Å²) in [5, 5.41) is 7.13. The van der Waals surface area contributed by atoms with Crippen molar-refractivity contribution in [1.29, 1.82) is 0 Å². The zero-order valence-corrected chi connectivity index (χ0v) is 19.1. The van der Waals surface area contributed by atoms with E-state index in [2.05, 4.69) is 29.3 Å². The first-order valence-corrected chi connectivity index (χ1v) is 12.4. The molecule has 1 aliphatic carbocycles. The Morgan fingerprint density at radius 1 is 1.13 bits per heavy atom. The molecule has 31 heavy (non-hydrogen) atoms. The van der Waals surface area contributed by atoms with Crippen molar-refractivity contribution in [3.05, 3.63) is 41.5 Å². The molecule has 1 aliphatic heterocycles. The standard InChI is InChI=1S/C22H30N4O4S/c1-15-12-16(2)14-26(13-15)31(28,29)19-8-6-18(7-9-19)20(27)24-22(10-4-5-11-22)21-23-17(3)30-25-21/h6-9,15-16H,4-5,10-14H2,1-3H3,(H,24,27). The van der Waals surface area contributed by atoms with E-state index >= 15 is 0 Å². The summed E-state index contributed by atoms with van der Waals surface area (Å²) in [5.74, 6) is 1.36. The van der Waals surface area contributed by atoms with Gasteiger partial charge >= 0.3 is 0 Å². The number of amides is 1. The third-order valence-electron chi connectivity index (χ3n) is 6.36. The summed E-state index contributed by atoms with van der Waals surface area (Å²) in [4.78, 5) is 17.5. The van der Waals surface area contributed by atoms with Gasteiger partial charge in [0.15, 0.2) is 5.82 Å². The second kappa shape index (κ2) is 8.35. The van der Waals surface area contributed by atoms with Crippen LogP contribution >= 0.6 is 0 Å². The molecule has 168 valence electrons. The number of sulfonamides is 1. The van der Waals surface area contributed by atoms with Gasteiger partial charge in [-0.2, -0.15) is 9.29 Å². The normalized spacial score (nSPS) is 24.2. The fourth-order valence-corrected chi connectivity index (χ4v) is 6.58. The smallest absolute Gasteiger partial charge is 0.252 e. The first-order chi connectivity index (χ1) is 14.7. The molecule has 8 nitrogen and oxygen atoms in total. The fourth-order valence-electron chi connectivity index (χ4n) is 4.90. The average Bonchev–Trinajstić information content (AvgIpc) is 3.37. The summed E-state index contributed by atoms with van der Waals surface area (Å²) in [5.41, 5.74) is -0.231. The molecule has 1 aromatic carbocycles. The number of rotatable bonds is 5. The van der Waals surface area contributed by atoms with E-state index in [0.717, 1.165) is 32.1 Å². The van der Waals surface area contributed by atoms with Crippen LogP contribution in [-0.4, -0.2) is 41.9 Å². The maximum Gasteiger partial charge on any atom is 0.252 e. The summed E-state index contributed by atoms with van der Waals surface area (Å²) in [6.45, 7) is 6.94. The van der Waals surface area contributed by atoms with Gasteiger partial charge in [-0.1, -0.05) is 31.8 Å². The molecule has 2 atom stereocenters. The molecular weight excluding hydrogens is 416 g/mol. The van der Waals surface area contributed by atoms with Crippen LogP contribution in [0.5, 0.6) is 0 Å². The first kappa shape index (κ1) is 22.0. The molecule has 2 aliphatic rings. The molecule has 0 spiro atoms. The number of carbonyl (C=O) groups is 1. The molecule has 2 heterocycles. The van der Waals surface area contributed by atoms with Gasteiger partial charge in [-0.25, -0.2) is 8.42 Å². The van der Waals surface area contributed by atoms with Crippen molar-refractivity contribution in [3.8, 4) is 0 Å². The van der Waals surface area contributed by atoms with Crippen molar-refractivity contribution in [2.45, 2.75) is 63.3 Å². The minimum atomic E-state index is -3.58. The zero-order chi connectivity index (χ0) is 22.2. The third kappa shape index (κ3) is 4.39. The van der Waals surface area contributed by atoms with E-state index in [1.807, 2.05) is 0 Å². The summed E-state index contributed by atoms with van der Waals surface area (Å²) >= 11 is 0. The topological polar surface area (TPSA) is 105 Å². The van der Waals surface area contributed by atoms with Gasteiger partial charge < -0.3 is 9.84 Å². The molecule has 1 amide bonds. The Labute approximate surface area is 183 Å². The van der Waals surface area contributed by atoms with Crippen LogP contribution in [0.1, 0.15) is 68.0 Å². The van der Waals surface area contributed by atoms with E-state index in [-0.39, 0.29) is 10.8 Å². The second-order valence-corrected chi connectivity index (χ2v) is 11.1. The van der Waals surface area contributed by atoms with Crippen LogP contribution < -0.4 is 5.32 Å². The number of aromatic nitrogens is 2. The van der Waals surface area contributed by atoms with Crippen LogP contribution in [0, 0.1) is 18.8 Å². The monoisotopic (exact) mass is 446 g/mol. The highest BCUT2D eigenvalue weighted by molar-refractivity contribution is 7.89. The van der Waals surface area contributed by atoms with E-state index in [0.29, 0.717) is 42.2 Å². The van der Waals surface area contributed by atoms with Gasteiger partial charge in [-0.3, -0.25) is 4.79 Å². The molecule has 2 unspecified atom stereocenters. The summed E-state index contributed by atoms with van der Waals surface area (Å²) in [7, 11) is -3.58. The van der Waals surface area contributed by atoms with Gasteiger partial charge in [-0.05, 0) is 55.4 Å². The zero-order valence-electron chi connectivity index (χ0n) is 18.3. The quantitative estimate of drug-likeness (QED) is 0.756. The molecule has 1 saturated carbocycles. The third-order valence-corrected chi connectivity index (χ3v) is 8.20. The van der Waals surface area contributed by atoms with Crippen molar-refractivity contribution in [2.75, 3.05) is 13.1 Å². The Kier molecular flexibility index (Phi) is 5.91. The number of nitrogens with one attached hydrogen (secondary N) is 1. The average molecular weight is 447 g/mol. The van der Waals surface area contributed by atoms with Crippen molar-refractivity contribution in [2.24, 2.45) is 11.8 Å². The highest BCUT2D eigenvalue weighted by Gasteiger charge is 2.41. The Hall–Kier alpha value is -2.26. The molecule has 2 fully saturated rings. The van der Waals surface area contributed by atoms with Crippen molar-refractivity contribution >= 4 is 15.9 Å². The number of piperidine rings is 1. The number of aryl methyl sites for hydroxylation is 1. The maximum absolute atomic E-state index is 13.1. The SMILES string of the molecule is Cc1nc(C2(NC(=O)c3ccc(S(=O)(=O)N4CC(C)CC(C)C4)cc3)CCCC2)no1.